The van der Waals surface area contributed by atoms with E-state index in [-0.39, 0.29) is 12.0 Å². The molecular weight excluding hydrogens is 384 g/mol. The van der Waals surface area contributed by atoms with E-state index in [4.69, 9.17) is 10.3 Å². The van der Waals surface area contributed by atoms with Gasteiger partial charge in [-0.25, -0.2) is 4.79 Å². The van der Waals surface area contributed by atoms with Gasteiger partial charge in [-0.05, 0) is 57.0 Å². The van der Waals surface area contributed by atoms with Crippen LogP contribution in [-0.2, 0) is 11.2 Å². The zero-order valence-electron chi connectivity index (χ0n) is 17.5. The molecule has 1 saturated carbocycles. The topological polar surface area (TPSA) is 134 Å². The van der Waals surface area contributed by atoms with Gasteiger partial charge in [0.2, 0.25) is 0 Å². The highest BCUT2D eigenvalue weighted by atomic mass is 16.6. The maximum absolute atomic E-state index is 12.8. The Bertz CT molecular complexity index is 853. The molecule has 1 aromatic rings. The SMILES string of the molecule is CC(C)(C)OC(=O)N1[C@@H]2CC[C@@H](C2)[C@H]1C(O)N[C@H](C#N)Cc1ccc(N=[N+]=[N-])cc1. The van der Waals surface area contributed by atoms with E-state index in [9.17, 15) is 15.2 Å². The Morgan fingerprint density at radius 3 is 2.73 bits per heavy atom. The quantitative estimate of drug-likeness (QED) is 0.317. The predicted molar refractivity (Wildman–Crippen MR) is 110 cm³/mol. The molecule has 1 unspecified atom stereocenters. The Morgan fingerprint density at radius 1 is 1.43 bits per heavy atom. The van der Waals surface area contributed by atoms with Crippen LogP contribution in [0.1, 0.15) is 45.6 Å². The van der Waals surface area contributed by atoms with Gasteiger partial charge in [0, 0.05) is 23.1 Å². The van der Waals surface area contributed by atoms with Gasteiger partial charge >= 0.3 is 6.09 Å². The van der Waals surface area contributed by atoms with Gasteiger partial charge in [-0.15, -0.1) is 0 Å². The molecule has 160 valence electrons. The second kappa shape index (κ2) is 8.92. The molecule has 2 N–H and O–H groups in total. The summed E-state index contributed by atoms with van der Waals surface area (Å²) < 4.78 is 5.56. The summed E-state index contributed by atoms with van der Waals surface area (Å²) in [6.07, 6.45) is 1.64. The van der Waals surface area contributed by atoms with Crippen LogP contribution in [0.2, 0.25) is 0 Å². The molecule has 0 aromatic heterocycles. The Hall–Kier alpha value is -2.79. The van der Waals surface area contributed by atoms with Crippen LogP contribution in [0.5, 0.6) is 0 Å². The molecule has 1 heterocycles. The molecule has 3 rings (SSSR count). The van der Waals surface area contributed by atoms with Crippen LogP contribution < -0.4 is 5.32 Å². The zero-order valence-corrected chi connectivity index (χ0v) is 17.5. The molecule has 0 radical (unpaired) electrons. The van der Waals surface area contributed by atoms with Crippen molar-refractivity contribution in [3.8, 4) is 6.07 Å². The van der Waals surface area contributed by atoms with Crippen molar-refractivity contribution in [3.63, 3.8) is 0 Å². The summed E-state index contributed by atoms with van der Waals surface area (Å²) in [5, 5.41) is 27.0. The number of aliphatic hydroxyl groups is 1. The van der Waals surface area contributed by atoms with E-state index in [0.717, 1.165) is 24.8 Å². The number of amides is 1. The fraction of sp³-hybridized carbons (Fsp3) is 0.619. The maximum atomic E-state index is 12.8. The molecule has 1 aromatic carbocycles. The summed E-state index contributed by atoms with van der Waals surface area (Å²) in [7, 11) is 0. The summed E-state index contributed by atoms with van der Waals surface area (Å²) in [6, 6.07) is 8.13. The standard InChI is InChI=1S/C21H28N6O3/c1-21(2,3)30-20(29)27-17-9-6-14(11-17)18(27)19(28)24-16(12-22)10-13-4-7-15(8-5-13)25-26-23/h4-5,7-8,14,16-19,24,28H,6,9-11H2,1-3H3/t14-,16-,17+,18-,19?/m0/s1. The monoisotopic (exact) mass is 412 g/mol. The van der Waals surface area contributed by atoms with Crippen LogP contribution in [0.15, 0.2) is 29.4 Å². The lowest BCUT2D eigenvalue weighted by Crippen LogP contribution is -2.57. The lowest BCUT2D eigenvalue weighted by molar-refractivity contribution is -0.0283. The van der Waals surface area contributed by atoms with E-state index < -0.39 is 30.0 Å². The van der Waals surface area contributed by atoms with Gasteiger partial charge < -0.3 is 9.84 Å². The van der Waals surface area contributed by atoms with Crippen LogP contribution in [0.4, 0.5) is 10.5 Å². The number of hydrogen-bond acceptors (Lipinski definition) is 6. The van der Waals surface area contributed by atoms with Crippen molar-refractivity contribution in [2.24, 2.45) is 11.0 Å². The highest BCUT2D eigenvalue weighted by molar-refractivity contribution is 5.70. The number of hydrogen-bond donors (Lipinski definition) is 2. The third kappa shape index (κ3) is 5.03. The number of rotatable bonds is 6. The molecule has 1 aliphatic carbocycles. The van der Waals surface area contributed by atoms with Crippen LogP contribution in [-0.4, -0.2) is 46.1 Å². The summed E-state index contributed by atoms with van der Waals surface area (Å²) in [4.78, 5) is 17.2. The normalized spacial score (nSPS) is 24.6. The highest BCUT2D eigenvalue weighted by Crippen LogP contribution is 2.44. The summed E-state index contributed by atoms with van der Waals surface area (Å²) >= 11 is 0. The van der Waals surface area contributed by atoms with Crippen LogP contribution >= 0.6 is 0 Å². The molecule has 2 fully saturated rings. The summed E-state index contributed by atoms with van der Waals surface area (Å²) in [6.45, 7) is 5.46. The molecule has 5 atom stereocenters. The number of carbonyl (C=O) groups is 1. The summed E-state index contributed by atoms with van der Waals surface area (Å²) in [5.74, 6) is 0.187. The van der Waals surface area contributed by atoms with Crippen molar-refractivity contribution in [1.29, 1.82) is 5.26 Å². The third-order valence-electron chi connectivity index (χ3n) is 5.64. The number of nitrogens with zero attached hydrogens (tertiary/aromatic N) is 5. The number of aliphatic hydroxyl groups excluding tert-OH is 1. The van der Waals surface area contributed by atoms with Crippen LogP contribution in [0.3, 0.4) is 0 Å². The Labute approximate surface area is 176 Å². The molecule has 30 heavy (non-hydrogen) atoms. The minimum Gasteiger partial charge on any atom is -0.444 e. The van der Waals surface area contributed by atoms with Gasteiger partial charge in [0.05, 0.1) is 12.1 Å². The van der Waals surface area contributed by atoms with E-state index in [1.165, 1.54) is 0 Å². The van der Waals surface area contributed by atoms with E-state index in [0.29, 0.717) is 12.1 Å². The molecular formula is C21H28N6O3. The lowest BCUT2D eigenvalue weighted by atomic mass is 9.96. The number of piperidine rings is 1. The average Bonchev–Trinajstić information content (AvgIpc) is 3.29. The number of carbonyl (C=O) groups excluding carboxylic acids is 1. The minimum atomic E-state index is -1.03. The first-order valence-electron chi connectivity index (χ1n) is 10.2. The number of fused-ring (bicyclic) bond motifs is 2. The highest BCUT2D eigenvalue weighted by Gasteiger charge is 2.52. The zero-order chi connectivity index (χ0) is 21.9. The molecule has 2 bridgehead atoms. The van der Waals surface area contributed by atoms with Crippen molar-refractivity contribution in [2.75, 3.05) is 0 Å². The molecule has 2 aliphatic rings. The Kier molecular flexibility index (Phi) is 6.52. The molecule has 1 saturated heterocycles. The fourth-order valence-corrected chi connectivity index (χ4v) is 4.45. The maximum Gasteiger partial charge on any atom is 0.410 e. The number of nitriles is 1. The van der Waals surface area contributed by atoms with E-state index >= 15 is 0 Å². The Balaban J connectivity index is 1.67. The van der Waals surface area contributed by atoms with Crippen molar-refractivity contribution in [1.82, 2.24) is 10.2 Å². The predicted octanol–water partition coefficient (Wildman–Crippen LogP) is 3.76. The van der Waals surface area contributed by atoms with Crippen LogP contribution in [0, 0.1) is 17.2 Å². The average molecular weight is 412 g/mol. The molecule has 1 aliphatic heterocycles. The number of nitrogens with one attached hydrogen (secondary N) is 1. The largest absolute Gasteiger partial charge is 0.444 e. The molecule has 9 nitrogen and oxygen atoms in total. The van der Waals surface area contributed by atoms with Crippen molar-refractivity contribution in [2.45, 2.75) is 76.4 Å². The third-order valence-corrected chi connectivity index (χ3v) is 5.64. The number of azide groups is 1. The summed E-state index contributed by atoms with van der Waals surface area (Å²) in [5.41, 5.74) is 9.24. The molecule has 1 amide bonds. The number of likely N-dealkylation sites (tertiary alicyclic amines) is 1. The van der Waals surface area contributed by atoms with E-state index in [2.05, 4.69) is 21.4 Å². The second-order valence-corrected chi connectivity index (χ2v) is 8.96. The minimum absolute atomic E-state index is 0.0695. The van der Waals surface area contributed by atoms with Gasteiger partial charge in [-0.3, -0.25) is 10.2 Å². The first kappa shape index (κ1) is 21.9. The van der Waals surface area contributed by atoms with Gasteiger partial charge in [-0.1, -0.05) is 29.4 Å². The first-order chi connectivity index (χ1) is 14.2. The first-order valence-corrected chi connectivity index (χ1v) is 10.2. The van der Waals surface area contributed by atoms with Gasteiger partial charge in [0.1, 0.15) is 17.9 Å². The second-order valence-electron chi connectivity index (χ2n) is 8.96. The molecule has 9 heteroatoms. The van der Waals surface area contributed by atoms with E-state index in [1.807, 2.05) is 20.8 Å². The van der Waals surface area contributed by atoms with Crippen molar-refractivity contribution < 1.29 is 14.6 Å². The number of ether oxygens (including phenoxy) is 1. The molecule has 0 spiro atoms. The van der Waals surface area contributed by atoms with Gasteiger partial charge in [-0.2, -0.15) is 5.26 Å². The smallest absolute Gasteiger partial charge is 0.410 e. The number of benzene rings is 1. The lowest BCUT2D eigenvalue weighted by Gasteiger charge is -2.39. The Morgan fingerprint density at radius 2 is 2.13 bits per heavy atom. The van der Waals surface area contributed by atoms with E-state index in [1.54, 1.807) is 29.2 Å². The van der Waals surface area contributed by atoms with Crippen molar-refractivity contribution in [3.05, 3.63) is 40.3 Å². The fourth-order valence-electron chi connectivity index (χ4n) is 4.45. The van der Waals surface area contributed by atoms with Crippen LogP contribution in [0.25, 0.3) is 10.4 Å². The van der Waals surface area contributed by atoms with Crippen molar-refractivity contribution >= 4 is 11.8 Å². The van der Waals surface area contributed by atoms with Gasteiger partial charge in [0.15, 0.2) is 0 Å². The van der Waals surface area contributed by atoms with Gasteiger partial charge in [0.25, 0.3) is 0 Å².